The maximum atomic E-state index is 12.4. The lowest BCUT2D eigenvalue weighted by atomic mass is 9.99. The van der Waals surface area contributed by atoms with Crippen LogP contribution in [0.3, 0.4) is 0 Å². The van der Waals surface area contributed by atoms with Crippen LogP contribution in [0, 0.1) is 13.8 Å². The number of benzene rings is 1. The summed E-state index contributed by atoms with van der Waals surface area (Å²) in [6.45, 7) is 9.19. The molecule has 1 fully saturated rings. The molecule has 0 radical (unpaired) electrons. The summed E-state index contributed by atoms with van der Waals surface area (Å²) in [5, 5.41) is 2.71. The van der Waals surface area contributed by atoms with Gasteiger partial charge < -0.3 is 14.6 Å². The third-order valence-corrected chi connectivity index (χ3v) is 6.23. The van der Waals surface area contributed by atoms with Crippen molar-refractivity contribution in [3.8, 4) is 0 Å². The van der Waals surface area contributed by atoms with Crippen LogP contribution in [0.15, 0.2) is 60.5 Å². The van der Waals surface area contributed by atoms with Crippen LogP contribution in [0.1, 0.15) is 36.4 Å². The summed E-state index contributed by atoms with van der Waals surface area (Å²) in [5.74, 6) is -0.135. The standard InChI is InChI=1S/C26H30N4O3/c1-17-5-10-23(30-15-24(33-26(30)32)13-27-20(4)31)11-12-25(17)22-8-6-21(7-9-22)14-29-16-28-18(2)19(29)3/h5-12,16,23-24H,13-15H2,1-4H3,(H,27,31). The highest BCUT2D eigenvalue weighted by Crippen LogP contribution is 2.27. The number of carbonyl (C=O) groups excluding carboxylic acids is 2. The zero-order chi connectivity index (χ0) is 23.5. The number of rotatable bonds is 6. The molecule has 1 aromatic carbocycles. The highest BCUT2D eigenvalue weighted by Gasteiger charge is 2.34. The van der Waals surface area contributed by atoms with E-state index in [1.54, 1.807) is 4.90 Å². The summed E-state index contributed by atoms with van der Waals surface area (Å²) in [4.78, 5) is 29.6. The molecule has 7 nitrogen and oxygen atoms in total. The van der Waals surface area contributed by atoms with E-state index in [9.17, 15) is 9.59 Å². The molecule has 0 bridgehead atoms. The molecule has 2 aliphatic rings. The third kappa shape index (κ3) is 5.08. The number of cyclic esters (lactones) is 1. The molecule has 2 unspecified atom stereocenters. The van der Waals surface area contributed by atoms with Crippen molar-refractivity contribution in [1.82, 2.24) is 19.8 Å². The zero-order valence-electron chi connectivity index (χ0n) is 19.5. The first-order valence-corrected chi connectivity index (χ1v) is 11.2. The van der Waals surface area contributed by atoms with E-state index in [0.717, 1.165) is 28.9 Å². The molecule has 1 aliphatic carbocycles. The van der Waals surface area contributed by atoms with E-state index in [2.05, 4.69) is 65.1 Å². The van der Waals surface area contributed by atoms with E-state index in [1.807, 2.05) is 25.4 Å². The van der Waals surface area contributed by atoms with Crippen molar-refractivity contribution >= 4 is 17.6 Å². The monoisotopic (exact) mass is 446 g/mol. The Kier molecular flexibility index (Phi) is 6.49. The van der Waals surface area contributed by atoms with Gasteiger partial charge in [0.05, 0.1) is 31.2 Å². The molecule has 1 saturated heterocycles. The lowest BCUT2D eigenvalue weighted by Gasteiger charge is -2.19. The van der Waals surface area contributed by atoms with E-state index < -0.39 is 0 Å². The first-order valence-electron chi connectivity index (χ1n) is 11.2. The van der Waals surface area contributed by atoms with Crippen LogP contribution in [-0.4, -0.2) is 51.7 Å². The number of ether oxygens (including phenoxy) is 1. The van der Waals surface area contributed by atoms with Gasteiger partial charge in [0.25, 0.3) is 0 Å². The van der Waals surface area contributed by atoms with E-state index in [1.165, 1.54) is 18.2 Å². The topological polar surface area (TPSA) is 76.5 Å². The second-order valence-electron chi connectivity index (χ2n) is 8.64. The van der Waals surface area contributed by atoms with Crippen LogP contribution in [0.5, 0.6) is 0 Å². The van der Waals surface area contributed by atoms with Gasteiger partial charge >= 0.3 is 6.09 Å². The van der Waals surface area contributed by atoms with Gasteiger partial charge in [-0.2, -0.15) is 0 Å². The molecule has 33 heavy (non-hydrogen) atoms. The van der Waals surface area contributed by atoms with Gasteiger partial charge in [-0.05, 0) is 43.0 Å². The quantitative estimate of drug-likeness (QED) is 0.733. The molecular formula is C26H30N4O3. The molecular weight excluding hydrogens is 416 g/mol. The minimum atomic E-state index is -0.361. The summed E-state index contributed by atoms with van der Waals surface area (Å²) < 4.78 is 7.57. The van der Waals surface area contributed by atoms with Gasteiger partial charge in [0.2, 0.25) is 5.91 Å². The number of nitrogens with zero attached hydrogens (tertiary/aromatic N) is 3. The normalized spacial score (nSPS) is 20.2. The Morgan fingerprint density at radius 2 is 1.88 bits per heavy atom. The van der Waals surface area contributed by atoms with Crippen LogP contribution >= 0.6 is 0 Å². The average Bonchev–Trinajstić information content (AvgIpc) is 3.24. The number of allylic oxidation sites excluding steroid dienone is 4. The molecule has 1 aliphatic heterocycles. The van der Waals surface area contributed by atoms with Gasteiger partial charge in [0.1, 0.15) is 6.10 Å². The largest absolute Gasteiger partial charge is 0.442 e. The van der Waals surface area contributed by atoms with Gasteiger partial charge in [-0.15, -0.1) is 0 Å². The summed E-state index contributed by atoms with van der Waals surface area (Å²) in [6, 6.07) is 8.38. The first-order chi connectivity index (χ1) is 15.8. The van der Waals surface area contributed by atoms with Crippen molar-refractivity contribution < 1.29 is 14.3 Å². The fourth-order valence-electron chi connectivity index (χ4n) is 4.09. The van der Waals surface area contributed by atoms with E-state index in [0.29, 0.717) is 13.1 Å². The number of nitrogens with one attached hydrogen (secondary N) is 1. The van der Waals surface area contributed by atoms with Crippen molar-refractivity contribution in [2.45, 2.75) is 46.4 Å². The number of carbonyl (C=O) groups is 2. The highest BCUT2D eigenvalue weighted by atomic mass is 16.6. The number of hydrogen-bond acceptors (Lipinski definition) is 4. The van der Waals surface area contributed by atoms with Crippen LogP contribution in [0.4, 0.5) is 4.79 Å². The SMILES string of the molecule is CC(=O)NCC1CN(C2C=CC(C)=C(c3ccc(Cn4cnc(C)c4C)cc3)C=C2)C(=O)O1. The van der Waals surface area contributed by atoms with E-state index >= 15 is 0 Å². The summed E-state index contributed by atoms with van der Waals surface area (Å²) in [6.07, 6.45) is 9.35. The average molecular weight is 447 g/mol. The first kappa shape index (κ1) is 22.6. The molecule has 2 atom stereocenters. The molecule has 0 saturated carbocycles. The maximum Gasteiger partial charge on any atom is 0.411 e. The predicted octanol–water partition coefficient (Wildman–Crippen LogP) is 3.77. The Labute approximate surface area is 194 Å². The molecule has 7 heteroatoms. The molecule has 0 spiro atoms. The van der Waals surface area contributed by atoms with Gasteiger partial charge in [-0.25, -0.2) is 9.78 Å². The Bertz CT molecular complexity index is 1140. The molecule has 2 amide bonds. The lowest BCUT2D eigenvalue weighted by Crippen LogP contribution is -2.36. The Morgan fingerprint density at radius 1 is 1.15 bits per heavy atom. The molecule has 2 aromatic rings. The van der Waals surface area contributed by atoms with Crippen LogP contribution in [0.25, 0.3) is 5.57 Å². The molecule has 172 valence electrons. The summed E-state index contributed by atoms with van der Waals surface area (Å²) in [7, 11) is 0. The van der Waals surface area contributed by atoms with Crippen LogP contribution in [-0.2, 0) is 16.1 Å². The van der Waals surface area contributed by atoms with Crippen LogP contribution < -0.4 is 5.32 Å². The van der Waals surface area contributed by atoms with Gasteiger partial charge in [0.15, 0.2) is 0 Å². The number of aromatic nitrogens is 2. The number of amides is 2. The van der Waals surface area contributed by atoms with Crippen molar-refractivity contribution in [3.63, 3.8) is 0 Å². The number of hydrogen-bond donors (Lipinski definition) is 1. The fraction of sp³-hybridized carbons (Fsp3) is 0.346. The Balaban J connectivity index is 1.45. The summed E-state index contributed by atoms with van der Waals surface area (Å²) in [5.41, 5.74) is 6.83. The molecule has 2 heterocycles. The van der Waals surface area contributed by atoms with Crippen molar-refractivity contribution in [1.29, 1.82) is 0 Å². The molecule has 4 rings (SSSR count). The number of imidazole rings is 1. The van der Waals surface area contributed by atoms with Crippen molar-refractivity contribution in [3.05, 3.63) is 83.0 Å². The van der Waals surface area contributed by atoms with E-state index in [-0.39, 0.29) is 24.1 Å². The van der Waals surface area contributed by atoms with Gasteiger partial charge in [-0.1, -0.05) is 48.6 Å². The number of aryl methyl sites for hydroxylation is 1. The predicted molar refractivity (Wildman–Crippen MR) is 128 cm³/mol. The minimum absolute atomic E-state index is 0.135. The Morgan fingerprint density at radius 3 is 2.55 bits per heavy atom. The smallest absolute Gasteiger partial charge is 0.411 e. The minimum Gasteiger partial charge on any atom is -0.442 e. The zero-order valence-corrected chi connectivity index (χ0v) is 19.5. The maximum absolute atomic E-state index is 12.4. The van der Waals surface area contributed by atoms with Crippen molar-refractivity contribution in [2.24, 2.45) is 0 Å². The van der Waals surface area contributed by atoms with E-state index in [4.69, 9.17) is 4.74 Å². The highest BCUT2D eigenvalue weighted by molar-refractivity contribution is 5.80. The van der Waals surface area contributed by atoms with Crippen LogP contribution in [0.2, 0.25) is 0 Å². The molecule has 1 N–H and O–H groups in total. The molecule has 1 aromatic heterocycles. The fourth-order valence-corrected chi connectivity index (χ4v) is 4.09. The van der Waals surface area contributed by atoms with Gasteiger partial charge in [0, 0.05) is 19.2 Å². The lowest BCUT2D eigenvalue weighted by molar-refractivity contribution is -0.119. The summed E-state index contributed by atoms with van der Waals surface area (Å²) >= 11 is 0. The second kappa shape index (κ2) is 9.48. The Hall–Kier alpha value is -3.61. The third-order valence-electron chi connectivity index (χ3n) is 6.23. The van der Waals surface area contributed by atoms with Crippen molar-refractivity contribution in [2.75, 3.05) is 13.1 Å². The van der Waals surface area contributed by atoms with Gasteiger partial charge in [-0.3, -0.25) is 9.69 Å². The second-order valence-corrected chi connectivity index (χ2v) is 8.64.